The molecule has 0 unspecified atom stereocenters. The van der Waals surface area contributed by atoms with E-state index >= 15 is 0 Å². The van der Waals surface area contributed by atoms with Gasteiger partial charge in [-0.15, -0.1) is 0 Å². The Bertz CT molecular complexity index is 452. The number of isocyanates is 1. The molecule has 1 heterocycles. The summed E-state index contributed by atoms with van der Waals surface area (Å²) in [5.74, 6) is 0. The molecular formula is C9H5NO2. The van der Waals surface area contributed by atoms with Gasteiger partial charge in [0.1, 0.15) is 5.58 Å². The quantitative estimate of drug-likeness (QED) is 0.473. The molecule has 3 nitrogen and oxygen atoms in total. The first-order chi connectivity index (χ1) is 5.90. The summed E-state index contributed by atoms with van der Waals surface area (Å²) < 4.78 is 5.12. The number of rotatable bonds is 1. The van der Waals surface area contributed by atoms with Crippen molar-refractivity contribution in [1.29, 1.82) is 0 Å². The Hall–Kier alpha value is -1.86. The molecule has 2 rings (SSSR count). The molecule has 0 bridgehead atoms. The van der Waals surface area contributed by atoms with Crippen molar-refractivity contribution in [2.45, 2.75) is 0 Å². The van der Waals surface area contributed by atoms with Crippen LogP contribution in [0.15, 0.2) is 39.9 Å². The summed E-state index contributed by atoms with van der Waals surface area (Å²) in [5.41, 5.74) is 1.29. The fourth-order valence-corrected chi connectivity index (χ4v) is 1.07. The molecule has 2 aromatic rings. The fraction of sp³-hybridized carbons (Fsp3) is 0. The van der Waals surface area contributed by atoms with Crippen LogP contribution in [0.25, 0.3) is 11.0 Å². The maximum atomic E-state index is 9.93. The monoisotopic (exact) mass is 159 g/mol. The van der Waals surface area contributed by atoms with E-state index in [4.69, 9.17) is 4.42 Å². The standard InChI is InChI=1S/C9H5NO2/c11-6-10-8-2-1-7-3-4-12-9(7)5-8/h1-5H. The van der Waals surface area contributed by atoms with Gasteiger partial charge in [-0.1, -0.05) is 0 Å². The maximum absolute atomic E-state index is 9.93. The third-order valence-corrected chi connectivity index (χ3v) is 1.61. The Morgan fingerprint density at radius 3 is 3.08 bits per heavy atom. The second-order valence-electron chi connectivity index (χ2n) is 2.35. The predicted molar refractivity (Wildman–Crippen MR) is 44.0 cm³/mol. The van der Waals surface area contributed by atoms with Crippen molar-refractivity contribution in [3.05, 3.63) is 30.5 Å². The van der Waals surface area contributed by atoms with Crippen molar-refractivity contribution in [2.75, 3.05) is 0 Å². The summed E-state index contributed by atoms with van der Waals surface area (Å²) in [6.07, 6.45) is 3.07. The van der Waals surface area contributed by atoms with Crippen molar-refractivity contribution < 1.29 is 9.21 Å². The lowest BCUT2D eigenvalue weighted by Crippen LogP contribution is -1.64. The van der Waals surface area contributed by atoms with Crippen LogP contribution < -0.4 is 0 Å². The SMILES string of the molecule is O=C=Nc1ccc2ccoc2c1. The van der Waals surface area contributed by atoms with Gasteiger partial charge in [0.15, 0.2) is 0 Å². The summed E-state index contributed by atoms with van der Waals surface area (Å²) in [5, 5.41) is 1.000. The number of benzene rings is 1. The van der Waals surface area contributed by atoms with Gasteiger partial charge in [-0.2, -0.15) is 4.99 Å². The first kappa shape index (κ1) is 6.83. The molecular weight excluding hydrogens is 154 g/mol. The van der Waals surface area contributed by atoms with Gasteiger partial charge < -0.3 is 4.42 Å². The second-order valence-corrected chi connectivity index (χ2v) is 2.35. The van der Waals surface area contributed by atoms with Crippen molar-refractivity contribution >= 4 is 22.7 Å². The minimum Gasteiger partial charge on any atom is -0.464 e. The van der Waals surface area contributed by atoms with Gasteiger partial charge in [0.2, 0.25) is 6.08 Å². The lowest BCUT2D eigenvalue weighted by atomic mass is 10.2. The van der Waals surface area contributed by atoms with Crippen LogP contribution in [-0.2, 0) is 4.79 Å². The highest BCUT2D eigenvalue weighted by atomic mass is 16.3. The highest BCUT2D eigenvalue weighted by Gasteiger charge is 1.96. The Balaban J connectivity index is 2.67. The van der Waals surface area contributed by atoms with Crippen LogP contribution in [0.3, 0.4) is 0 Å². The average molecular weight is 159 g/mol. The fourth-order valence-electron chi connectivity index (χ4n) is 1.07. The van der Waals surface area contributed by atoms with Crippen LogP contribution in [0.4, 0.5) is 5.69 Å². The topological polar surface area (TPSA) is 42.6 Å². The summed E-state index contributed by atoms with van der Waals surface area (Å²) in [4.78, 5) is 13.4. The number of hydrogen-bond donors (Lipinski definition) is 0. The van der Waals surface area contributed by atoms with Crippen molar-refractivity contribution in [3.8, 4) is 0 Å². The molecule has 0 aliphatic carbocycles. The molecule has 0 aliphatic heterocycles. The highest BCUT2D eigenvalue weighted by Crippen LogP contribution is 2.21. The maximum Gasteiger partial charge on any atom is 0.240 e. The second kappa shape index (κ2) is 2.64. The van der Waals surface area contributed by atoms with Crippen LogP contribution in [0.2, 0.25) is 0 Å². The van der Waals surface area contributed by atoms with Crippen LogP contribution in [-0.4, -0.2) is 6.08 Å². The van der Waals surface area contributed by atoms with E-state index in [9.17, 15) is 4.79 Å². The molecule has 12 heavy (non-hydrogen) atoms. The largest absolute Gasteiger partial charge is 0.464 e. The van der Waals surface area contributed by atoms with E-state index in [1.807, 2.05) is 12.1 Å². The molecule has 0 aliphatic rings. The van der Waals surface area contributed by atoms with Gasteiger partial charge in [0, 0.05) is 11.5 Å². The number of hydrogen-bond acceptors (Lipinski definition) is 3. The van der Waals surface area contributed by atoms with Gasteiger partial charge in [-0.25, -0.2) is 4.79 Å². The molecule has 0 spiro atoms. The Kier molecular flexibility index (Phi) is 1.50. The zero-order valence-electron chi connectivity index (χ0n) is 6.15. The third kappa shape index (κ3) is 1.02. The van der Waals surface area contributed by atoms with Gasteiger partial charge in [-0.3, -0.25) is 0 Å². The molecule has 3 heteroatoms. The molecule has 1 aromatic carbocycles. The molecule has 0 amide bonds. The lowest BCUT2D eigenvalue weighted by Gasteiger charge is -1.88. The zero-order chi connectivity index (χ0) is 8.39. The minimum atomic E-state index is 0.562. The summed E-state index contributed by atoms with van der Waals surface area (Å²) in [6, 6.07) is 7.13. The number of nitrogens with zero attached hydrogens (tertiary/aromatic N) is 1. The molecule has 1 aromatic heterocycles. The Labute approximate surface area is 68.3 Å². The van der Waals surface area contributed by atoms with E-state index < -0.39 is 0 Å². The molecule has 0 N–H and O–H groups in total. The smallest absolute Gasteiger partial charge is 0.240 e. The van der Waals surface area contributed by atoms with Gasteiger partial charge in [-0.05, 0) is 18.2 Å². The molecule has 0 saturated carbocycles. The van der Waals surface area contributed by atoms with E-state index in [0.29, 0.717) is 5.69 Å². The highest BCUT2D eigenvalue weighted by molar-refractivity contribution is 5.80. The lowest BCUT2D eigenvalue weighted by molar-refractivity contribution is 0.565. The predicted octanol–water partition coefficient (Wildman–Crippen LogP) is 2.40. The normalized spacial score (nSPS) is 9.67. The van der Waals surface area contributed by atoms with Crippen LogP contribution in [0, 0.1) is 0 Å². The van der Waals surface area contributed by atoms with Crippen LogP contribution in [0.5, 0.6) is 0 Å². The Morgan fingerprint density at radius 1 is 1.33 bits per heavy atom. The average Bonchev–Trinajstić information content (AvgIpc) is 2.51. The van der Waals surface area contributed by atoms with Gasteiger partial charge >= 0.3 is 0 Å². The van der Waals surface area contributed by atoms with E-state index in [1.54, 1.807) is 18.4 Å². The van der Waals surface area contributed by atoms with Crippen molar-refractivity contribution in [3.63, 3.8) is 0 Å². The first-order valence-corrected chi connectivity index (χ1v) is 3.45. The number of aliphatic imine (C=N–C) groups is 1. The molecule has 58 valence electrons. The summed E-state index contributed by atoms with van der Waals surface area (Å²) in [7, 11) is 0. The number of carbonyl (C=O) groups excluding carboxylic acids is 1. The van der Waals surface area contributed by atoms with Crippen molar-refractivity contribution in [1.82, 2.24) is 0 Å². The number of fused-ring (bicyclic) bond motifs is 1. The van der Waals surface area contributed by atoms with Gasteiger partial charge in [0.25, 0.3) is 0 Å². The molecule has 0 radical (unpaired) electrons. The minimum absolute atomic E-state index is 0.562. The molecule has 0 atom stereocenters. The number of furan rings is 1. The molecule has 0 saturated heterocycles. The third-order valence-electron chi connectivity index (χ3n) is 1.61. The van der Waals surface area contributed by atoms with E-state index in [2.05, 4.69) is 4.99 Å². The van der Waals surface area contributed by atoms with E-state index in [-0.39, 0.29) is 0 Å². The first-order valence-electron chi connectivity index (χ1n) is 3.45. The van der Waals surface area contributed by atoms with Gasteiger partial charge in [0.05, 0.1) is 12.0 Å². The van der Waals surface area contributed by atoms with E-state index in [0.717, 1.165) is 11.0 Å². The zero-order valence-corrected chi connectivity index (χ0v) is 6.15. The van der Waals surface area contributed by atoms with E-state index in [1.165, 1.54) is 6.08 Å². The summed E-state index contributed by atoms with van der Waals surface area (Å²) in [6.45, 7) is 0. The van der Waals surface area contributed by atoms with Crippen molar-refractivity contribution in [2.24, 2.45) is 4.99 Å². The molecule has 0 fully saturated rings. The van der Waals surface area contributed by atoms with Crippen LogP contribution in [0.1, 0.15) is 0 Å². The Morgan fingerprint density at radius 2 is 2.25 bits per heavy atom. The summed E-state index contributed by atoms with van der Waals surface area (Å²) >= 11 is 0. The van der Waals surface area contributed by atoms with Crippen LogP contribution >= 0.6 is 0 Å².